The Morgan fingerprint density at radius 3 is 2.61 bits per heavy atom. The summed E-state index contributed by atoms with van der Waals surface area (Å²) >= 11 is 2.72. The molecule has 3 fully saturated rings. The number of fused-ring (bicyclic) bond motifs is 1. The Morgan fingerprint density at radius 1 is 1.32 bits per heavy atom. The van der Waals surface area contributed by atoms with Crippen molar-refractivity contribution in [2.45, 2.75) is 79.6 Å². The maximum absolute atomic E-state index is 12.9. The van der Waals surface area contributed by atoms with E-state index >= 15 is 0 Å². The van der Waals surface area contributed by atoms with E-state index in [4.69, 9.17) is 5.73 Å². The van der Waals surface area contributed by atoms with Gasteiger partial charge in [0, 0.05) is 14.5 Å². The number of carbonyl (C=O) groups is 3. The van der Waals surface area contributed by atoms with E-state index in [0.717, 1.165) is 12.8 Å². The third-order valence-electron chi connectivity index (χ3n) is 6.52. The molecule has 4 rings (SSSR count). The summed E-state index contributed by atoms with van der Waals surface area (Å²) in [5.74, 6) is -1.93. The minimum atomic E-state index is -1.80. The molecule has 1 aliphatic carbocycles. The van der Waals surface area contributed by atoms with Crippen LogP contribution in [-0.4, -0.2) is 49.5 Å². The van der Waals surface area contributed by atoms with Gasteiger partial charge < -0.3 is 21.1 Å². The quantitative estimate of drug-likeness (QED) is 0.571. The van der Waals surface area contributed by atoms with Crippen molar-refractivity contribution in [3.63, 3.8) is 0 Å². The zero-order valence-electron chi connectivity index (χ0n) is 17.5. The van der Waals surface area contributed by atoms with Crippen molar-refractivity contribution >= 4 is 40.9 Å². The van der Waals surface area contributed by atoms with Crippen molar-refractivity contribution in [3.8, 4) is 6.07 Å². The van der Waals surface area contributed by atoms with Gasteiger partial charge >= 0.3 is 5.97 Å². The number of rotatable bonds is 5. The van der Waals surface area contributed by atoms with Gasteiger partial charge in [0.1, 0.15) is 23.5 Å². The number of carboxylic acid groups (broad SMARTS) is 1. The van der Waals surface area contributed by atoms with Gasteiger partial charge in [-0.05, 0) is 44.7 Å². The summed E-state index contributed by atoms with van der Waals surface area (Å²) in [6.07, 6.45) is 5.96. The number of carbonyl (C=O) groups excluding carboxylic acids is 2. The van der Waals surface area contributed by atoms with Crippen LogP contribution in [0.25, 0.3) is 0 Å². The maximum atomic E-state index is 12.9. The molecule has 31 heavy (non-hydrogen) atoms. The normalized spacial score (nSPS) is 30.8. The summed E-state index contributed by atoms with van der Waals surface area (Å²) in [4.78, 5) is 40.6. The summed E-state index contributed by atoms with van der Waals surface area (Å²) in [7, 11) is 0. The Kier molecular flexibility index (Phi) is 5.56. The van der Waals surface area contributed by atoms with Crippen molar-refractivity contribution in [2.75, 3.05) is 0 Å². The number of nitriles is 1. The third kappa shape index (κ3) is 3.43. The van der Waals surface area contributed by atoms with E-state index in [9.17, 15) is 24.8 Å². The second-order valence-electron chi connectivity index (χ2n) is 8.99. The fourth-order valence-corrected chi connectivity index (χ4v) is 7.67. The first kappa shape index (κ1) is 22.1. The van der Waals surface area contributed by atoms with Crippen LogP contribution in [-0.2, 0) is 14.4 Å². The lowest BCUT2D eigenvalue weighted by molar-refractivity contribution is -0.165. The van der Waals surface area contributed by atoms with Gasteiger partial charge in [-0.1, -0.05) is 19.3 Å². The van der Waals surface area contributed by atoms with Crippen LogP contribution < -0.4 is 11.1 Å². The molecule has 1 aromatic rings. The molecule has 3 heterocycles. The van der Waals surface area contributed by atoms with E-state index in [-0.39, 0.29) is 0 Å². The van der Waals surface area contributed by atoms with E-state index in [2.05, 4.69) is 5.32 Å². The summed E-state index contributed by atoms with van der Waals surface area (Å²) in [5, 5.41) is 21.2. The van der Waals surface area contributed by atoms with Gasteiger partial charge in [-0.3, -0.25) is 9.59 Å². The lowest BCUT2D eigenvalue weighted by Gasteiger charge is -2.49. The van der Waals surface area contributed by atoms with E-state index in [1.165, 1.54) is 52.1 Å². The fraction of sp³-hybridized carbons (Fsp3) is 0.619. The minimum Gasteiger partial charge on any atom is -0.480 e. The van der Waals surface area contributed by atoms with Crippen LogP contribution in [0.2, 0.25) is 0 Å². The smallest absolute Gasteiger partial charge is 0.327 e. The van der Waals surface area contributed by atoms with Crippen LogP contribution in [0.3, 0.4) is 0 Å². The Balaban J connectivity index is 1.50. The molecule has 4 atom stereocenters. The van der Waals surface area contributed by atoms with Crippen molar-refractivity contribution in [2.24, 2.45) is 5.73 Å². The Labute approximate surface area is 189 Å². The lowest BCUT2D eigenvalue weighted by atomic mass is 9.85. The van der Waals surface area contributed by atoms with Gasteiger partial charge in [-0.25, -0.2) is 4.79 Å². The maximum Gasteiger partial charge on any atom is 0.327 e. The first-order valence-corrected chi connectivity index (χ1v) is 12.1. The van der Waals surface area contributed by atoms with E-state index < -0.39 is 45.5 Å². The zero-order valence-corrected chi connectivity index (χ0v) is 19.1. The Bertz CT molecular complexity index is 965. The molecule has 0 aromatic carbocycles. The number of β-lactam (4-membered cyclic amide) rings is 1. The second kappa shape index (κ2) is 7.80. The van der Waals surface area contributed by atoms with Gasteiger partial charge in [0.05, 0.1) is 0 Å². The number of thiophene rings is 1. The highest BCUT2D eigenvalue weighted by atomic mass is 32.2. The first-order valence-electron chi connectivity index (χ1n) is 10.4. The molecule has 10 heteroatoms. The molecule has 2 aliphatic heterocycles. The number of nitrogens with zero attached hydrogens (tertiary/aromatic N) is 2. The van der Waals surface area contributed by atoms with Crippen LogP contribution in [0.5, 0.6) is 0 Å². The topological polar surface area (TPSA) is 137 Å². The van der Waals surface area contributed by atoms with Crippen LogP contribution in [0.15, 0.2) is 12.1 Å². The summed E-state index contributed by atoms with van der Waals surface area (Å²) in [6.45, 7) is 3.44. The Hall–Kier alpha value is -2.09. The lowest BCUT2D eigenvalue weighted by Crippen LogP contribution is -2.79. The van der Waals surface area contributed by atoms with E-state index in [0.29, 0.717) is 10.8 Å². The van der Waals surface area contributed by atoms with Crippen LogP contribution in [0, 0.1) is 11.3 Å². The number of aliphatic carboxylic acids is 1. The van der Waals surface area contributed by atoms with E-state index in [1.807, 2.05) is 18.2 Å². The van der Waals surface area contributed by atoms with E-state index in [1.54, 1.807) is 13.8 Å². The van der Waals surface area contributed by atoms with Crippen molar-refractivity contribution in [1.82, 2.24) is 10.2 Å². The average molecular weight is 463 g/mol. The van der Waals surface area contributed by atoms with Gasteiger partial charge in [0.25, 0.3) is 5.91 Å². The molecule has 1 aromatic heterocycles. The molecular weight excluding hydrogens is 436 g/mol. The van der Waals surface area contributed by atoms with Crippen molar-refractivity contribution in [3.05, 3.63) is 21.9 Å². The molecule has 8 nitrogen and oxygen atoms in total. The van der Waals surface area contributed by atoms with Gasteiger partial charge in [-0.15, -0.1) is 23.1 Å². The molecule has 4 N–H and O–H groups in total. The number of hydrogen-bond donors (Lipinski definition) is 3. The average Bonchev–Trinajstić information content (AvgIpc) is 3.33. The van der Waals surface area contributed by atoms with Gasteiger partial charge in [-0.2, -0.15) is 5.26 Å². The number of nitrogens with two attached hydrogens (primary N) is 1. The highest BCUT2D eigenvalue weighted by Gasteiger charge is 2.73. The molecule has 0 spiro atoms. The first-order chi connectivity index (χ1) is 14.6. The molecule has 1 unspecified atom stereocenters. The molecule has 2 amide bonds. The largest absolute Gasteiger partial charge is 0.480 e. The predicted molar refractivity (Wildman–Crippen MR) is 117 cm³/mol. The van der Waals surface area contributed by atoms with Gasteiger partial charge in [0.15, 0.2) is 0 Å². The summed E-state index contributed by atoms with van der Waals surface area (Å²) in [5.41, 5.74) is 4.40. The van der Waals surface area contributed by atoms with Crippen LogP contribution >= 0.6 is 23.1 Å². The number of amides is 2. The fourth-order valence-electron chi connectivity index (χ4n) is 4.85. The zero-order chi connectivity index (χ0) is 22.6. The van der Waals surface area contributed by atoms with Crippen LogP contribution in [0.1, 0.15) is 67.7 Å². The second-order valence-corrected chi connectivity index (χ2v) is 11.9. The molecule has 0 bridgehead atoms. The Morgan fingerprint density at radius 2 is 2.00 bits per heavy atom. The number of hydrogen-bond acceptors (Lipinski definition) is 7. The summed E-state index contributed by atoms with van der Waals surface area (Å²) < 4.78 is -0.791. The van der Waals surface area contributed by atoms with Gasteiger partial charge in [0.2, 0.25) is 11.4 Å². The molecular formula is C21H26N4O4S2. The highest BCUT2D eigenvalue weighted by Crippen LogP contribution is 2.54. The standard InChI is InChI=1S/C21H26N4O4S2/c1-20(2)15(17(27)28)25-18(29)21(10-22,19(25)31-20)24-16(26)14(23)13-9-8-12(30-13)11-6-4-3-5-7-11/h8-9,11,14-15,19H,3-7,23H2,1-2H3,(H,24,26)(H,27,28)/t14?,15-,19+,21-/m0/s1. The van der Waals surface area contributed by atoms with Crippen molar-refractivity contribution in [1.29, 1.82) is 5.26 Å². The number of carboxylic acids is 1. The number of nitrogens with one attached hydrogen (secondary N) is 1. The van der Waals surface area contributed by atoms with Crippen LogP contribution in [0.4, 0.5) is 0 Å². The summed E-state index contributed by atoms with van der Waals surface area (Å²) in [6, 6.07) is 3.75. The number of thioether (sulfide) groups is 1. The predicted octanol–water partition coefficient (Wildman–Crippen LogP) is 2.32. The monoisotopic (exact) mass is 462 g/mol. The SMILES string of the molecule is CC1(C)S[C@H]2N(C(=O)[C@]2(C#N)NC(=O)C(N)c2ccc(C3CCCCC3)s2)[C@H]1C(=O)O. The molecule has 3 aliphatic rings. The van der Waals surface area contributed by atoms with Crippen molar-refractivity contribution < 1.29 is 19.5 Å². The molecule has 2 saturated heterocycles. The molecule has 0 radical (unpaired) electrons. The molecule has 1 saturated carbocycles. The molecule has 166 valence electrons. The third-order valence-corrected chi connectivity index (χ3v) is 9.49. The minimum absolute atomic E-state index is 0.500. The highest BCUT2D eigenvalue weighted by molar-refractivity contribution is 8.01.